The number of alkyl carbamates (subject to hydrolysis) is 1. The summed E-state index contributed by atoms with van der Waals surface area (Å²) in [5.74, 6) is -0.554. The van der Waals surface area contributed by atoms with Gasteiger partial charge in [0.05, 0.1) is 0 Å². The summed E-state index contributed by atoms with van der Waals surface area (Å²) in [4.78, 5) is 42.3. The Bertz CT molecular complexity index is 1070. The number of amides is 3. The molecule has 2 aromatic rings. The fourth-order valence-corrected chi connectivity index (χ4v) is 4.20. The SMILES string of the molecule is CCCCCN(C(=O)C(Cc1ccc(O)cc1)NC(=O)OC(C)(C)C)C(C(=O)NC(C)C)c1ccc(C)cc1. The number of unbranched alkanes of at least 4 members (excludes halogenated alkanes) is 2. The van der Waals surface area contributed by atoms with Crippen molar-refractivity contribution < 1.29 is 24.2 Å². The lowest BCUT2D eigenvalue weighted by atomic mass is 9.99. The van der Waals surface area contributed by atoms with Crippen molar-refractivity contribution in [3.8, 4) is 5.75 Å². The van der Waals surface area contributed by atoms with E-state index < -0.39 is 23.8 Å². The minimum atomic E-state index is -0.995. The molecule has 8 nitrogen and oxygen atoms in total. The maximum Gasteiger partial charge on any atom is 0.408 e. The van der Waals surface area contributed by atoms with Crippen LogP contribution in [0, 0.1) is 6.92 Å². The number of carbonyl (C=O) groups excluding carboxylic acids is 3. The van der Waals surface area contributed by atoms with E-state index in [-0.39, 0.29) is 30.0 Å². The van der Waals surface area contributed by atoms with Gasteiger partial charge in [0.2, 0.25) is 11.8 Å². The third-order valence-electron chi connectivity index (χ3n) is 6.03. The van der Waals surface area contributed by atoms with Crippen LogP contribution in [0.4, 0.5) is 4.79 Å². The molecule has 0 fully saturated rings. The third-order valence-corrected chi connectivity index (χ3v) is 6.03. The highest BCUT2D eigenvalue weighted by atomic mass is 16.6. The molecule has 2 unspecified atom stereocenters. The van der Waals surface area contributed by atoms with Crippen LogP contribution < -0.4 is 10.6 Å². The van der Waals surface area contributed by atoms with Crippen molar-refractivity contribution in [1.82, 2.24) is 15.5 Å². The summed E-state index contributed by atoms with van der Waals surface area (Å²) in [6, 6.07) is 12.1. The Kier molecular flexibility index (Phi) is 11.8. The first-order valence-electron chi connectivity index (χ1n) is 13.8. The van der Waals surface area contributed by atoms with Gasteiger partial charge in [0.15, 0.2) is 0 Å². The van der Waals surface area contributed by atoms with Gasteiger partial charge < -0.3 is 25.4 Å². The van der Waals surface area contributed by atoms with Gasteiger partial charge in [-0.2, -0.15) is 0 Å². The number of phenols is 1. The van der Waals surface area contributed by atoms with E-state index in [4.69, 9.17) is 4.74 Å². The highest BCUT2D eigenvalue weighted by Crippen LogP contribution is 2.25. The predicted molar refractivity (Wildman–Crippen MR) is 153 cm³/mol. The maximum atomic E-state index is 14.3. The van der Waals surface area contributed by atoms with E-state index in [1.807, 2.05) is 45.0 Å². The van der Waals surface area contributed by atoms with Gasteiger partial charge in [-0.25, -0.2) is 4.79 Å². The number of phenolic OH excluding ortho intramolecular Hbond substituents is 1. The highest BCUT2D eigenvalue weighted by molar-refractivity contribution is 5.92. The van der Waals surface area contributed by atoms with E-state index in [0.717, 1.165) is 24.0 Å². The molecule has 0 aliphatic carbocycles. The van der Waals surface area contributed by atoms with Gasteiger partial charge in [0, 0.05) is 19.0 Å². The van der Waals surface area contributed by atoms with Crippen LogP contribution in [0.15, 0.2) is 48.5 Å². The summed E-state index contributed by atoms with van der Waals surface area (Å²) in [7, 11) is 0. The highest BCUT2D eigenvalue weighted by Gasteiger charge is 2.36. The van der Waals surface area contributed by atoms with Crippen molar-refractivity contribution in [2.75, 3.05) is 6.54 Å². The maximum absolute atomic E-state index is 14.3. The predicted octanol–water partition coefficient (Wildman–Crippen LogP) is 5.42. The molecule has 0 aliphatic heterocycles. The molecule has 0 radical (unpaired) electrons. The molecule has 0 saturated carbocycles. The molecular weight excluding hydrogens is 494 g/mol. The molecule has 2 atom stereocenters. The summed E-state index contributed by atoms with van der Waals surface area (Å²) >= 11 is 0. The van der Waals surface area contributed by atoms with Crippen LogP contribution in [0.5, 0.6) is 5.75 Å². The van der Waals surface area contributed by atoms with Gasteiger partial charge in [-0.3, -0.25) is 9.59 Å². The van der Waals surface area contributed by atoms with Crippen LogP contribution in [0.1, 0.15) is 83.5 Å². The quantitative estimate of drug-likeness (QED) is 0.312. The lowest BCUT2D eigenvalue weighted by Gasteiger charge is -2.35. The van der Waals surface area contributed by atoms with E-state index in [0.29, 0.717) is 18.5 Å². The zero-order valence-electron chi connectivity index (χ0n) is 24.4. The van der Waals surface area contributed by atoms with Crippen molar-refractivity contribution in [2.24, 2.45) is 0 Å². The van der Waals surface area contributed by atoms with Crippen LogP contribution in [0.2, 0.25) is 0 Å². The monoisotopic (exact) mass is 539 g/mol. The van der Waals surface area contributed by atoms with Crippen molar-refractivity contribution in [3.05, 3.63) is 65.2 Å². The summed E-state index contributed by atoms with van der Waals surface area (Å²) in [5.41, 5.74) is 1.74. The number of hydrogen-bond acceptors (Lipinski definition) is 5. The molecule has 0 aromatic heterocycles. The Morgan fingerprint density at radius 2 is 1.56 bits per heavy atom. The zero-order valence-corrected chi connectivity index (χ0v) is 24.4. The van der Waals surface area contributed by atoms with E-state index in [2.05, 4.69) is 17.6 Å². The summed E-state index contributed by atoms with van der Waals surface area (Å²) < 4.78 is 5.47. The van der Waals surface area contributed by atoms with Crippen LogP contribution in [-0.2, 0) is 20.7 Å². The van der Waals surface area contributed by atoms with Crippen molar-refractivity contribution in [2.45, 2.75) is 97.9 Å². The van der Waals surface area contributed by atoms with Gasteiger partial charge in [0.1, 0.15) is 23.4 Å². The van der Waals surface area contributed by atoms with Gasteiger partial charge in [0.25, 0.3) is 0 Å². The summed E-state index contributed by atoms with van der Waals surface area (Å²) in [5, 5.41) is 15.5. The first-order chi connectivity index (χ1) is 18.3. The third kappa shape index (κ3) is 10.6. The molecule has 0 spiro atoms. The number of aromatic hydroxyl groups is 1. The Morgan fingerprint density at radius 1 is 0.949 bits per heavy atom. The minimum absolute atomic E-state index is 0.104. The Balaban J connectivity index is 2.54. The first-order valence-corrected chi connectivity index (χ1v) is 13.8. The van der Waals surface area contributed by atoms with Crippen LogP contribution in [-0.4, -0.2) is 52.1 Å². The number of hydrogen-bond donors (Lipinski definition) is 3. The lowest BCUT2D eigenvalue weighted by Crippen LogP contribution is -2.54. The molecule has 3 N–H and O–H groups in total. The average molecular weight is 540 g/mol. The Morgan fingerprint density at radius 3 is 2.10 bits per heavy atom. The normalized spacial score (nSPS) is 12.9. The van der Waals surface area contributed by atoms with Gasteiger partial charge in [-0.05, 0) is 71.2 Å². The molecule has 3 amide bonds. The standard InChI is InChI=1S/C31H45N3O5/c1-8-9-10-19-34(27(28(36)32-21(2)3)24-15-11-22(4)12-16-24)29(37)26(33-30(38)39-31(5,6)7)20-23-13-17-25(35)18-14-23/h11-18,21,26-27,35H,8-10,19-20H2,1-7H3,(H,32,36)(H,33,38). The fourth-order valence-electron chi connectivity index (χ4n) is 4.20. The largest absolute Gasteiger partial charge is 0.508 e. The Hall–Kier alpha value is -3.55. The smallest absolute Gasteiger partial charge is 0.408 e. The fraction of sp³-hybridized carbons (Fsp3) is 0.516. The number of benzene rings is 2. The van der Waals surface area contributed by atoms with Crippen molar-refractivity contribution in [3.63, 3.8) is 0 Å². The topological polar surface area (TPSA) is 108 Å². The van der Waals surface area contributed by atoms with Crippen molar-refractivity contribution in [1.29, 1.82) is 0 Å². The number of ether oxygens (including phenoxy) is 1. The molecule has 0 aliphatic rings. The van der Waals surface area contributed by atoms with Crippen LogP contribution in [0.3, 0.4) is 0 Å². The molecule has 2 rings (SSSR count). The van der Waals surface area contributed by atoms with Gasteiger partial charge in [-0.15, -0.1) is 0 Å². The number of carbonyl (C=O) groups is 3. The van der Waals surface area contributed by atoms with Crippen molar-refractivity contribution >= 4 is 17.9 Å². The molecule has 0 saturated heterocycles. The van der Waals surface area contributed by atoms with E-state index in [9.17, 15) is 19.5 Å². The summed E-state index contributed by atoms with van der Waals surface area (Å²) in [6.45, 7) is 13.4. The second-order valence-corrected chi connectivity index (χ2v) is 11.3. The lowest BCUT2D eigenvalue weighted by molar-refractivity contribution is -0.142. The Labute approximate surface area is 233 Å². The van der Waals surface area contributed by atoms with Gasteiger partial charge in [-0.1, -0.05) is 61.7 Å². The zero-order chi connectivity index (χ0) is 29.2. The molecule has 2 aromatic carbocycles. The van der Waals surface area contributed by atoms with Crippen LogP contribution >= 0.6 is 0 Å². The van der Waals surface area contributed by atoms with E-state index in [1.54, 1.807) is 37.8 Å². The molecule has 8 heteroatoms. The number of nitrogens with zero attached hydrogens (tertiary/aromatic N) is 1. The molecule has 0 bridgehead atoms. The summed E-state index contributed by atoms with van der Waals surface area (Å²) in [6.07, 6.45) is 1.99. The molecule has 39 heavy (non-hydrogen) atoms. The first kappa shape index (κ1) is 31.7. The van der Waals surface area contributed by atoms with Gasteiger partial charge >= 0.3 is 6.09 Å². The minimum Gasteiger partial charge on any atom is -0.508 e. The number of aryl methyl sites for hydroxylation is 1. The number of rotatable bonds is 12. The van der Waals surface area contributed by atoms with E-state index >= 15 is 0 Å². The second kappa shape index (κ2) is 14.6. The molecule has 214 valence electrons. The second-order valence-electron chi connectivity index (χ2n) is 11.3. The number of nitrogens with one attached hydrogen (secondary N) is 2. The molecule has 0 heterocycles. The molecular formula is C31H45N3O5. The van der Waals surface area contributed by atoms with E-state index in [1.165, 1.54) is 12.1 Å². The average Bonchev–Trinajstić information content (AvgIpc) is 2.83. The van der Waals surface area contributed by atoms with Crippen LogP contribution in [0.25, 0.3) is 0 Å².